The van der Waals surface area contributed by atoms with Crippen molar-refractivity contribution in [1.29, 1.82) is 0 Å². The molecule has 0 unspecified atom stereocenters. The van der Waals surface area contributed by atoms with E-state index in [1.165, 1.54) is 16.5 Å². The minimum absolute atomic E-state index is 0.565. The first-order valence-corrected chi connectivity index (χ1v) is 6.00. The van der Waals surface area contributed by atoms with Crippen LogP contribution in [0.5, 0.6) is 0 Å². The molecule has 0 saturated carbocycles. The lowest BCUT2D eigenvalue weighted by Crippen LogP contribution is -2.46. The van der Waals surface area contributed by atoms with Gasteiger partial charge in [0.2, 0.25) is 5.01 Å². The van der Waals surface area contributed by atoms with E-state index in [4.69, 9.17) is 4.84 Å². The number of nitrogens with zero attached hydrogens (tertiary/aromatic N) is 3. The second kappa shape index (κ2) is 7.02. The Kier molecular flexibility index (Phi) is 5.68. The second-order valence-corrected chi connectivity index (χ2v) is 3.84. The molecular formula is C9H10BF4N3OS. The summed E-state index contributed by atoms with van der Waals surface area (Å²) in [6.07, 6.45) is 0. The SMILES string of the molecule is CCO[n+]1nsc(-c2ccccc2)n1.F[B-](F)(F)F. The Morgan fingerprint density at radius 1 is 1.21 bits per heavy atom. The number of halogens is 4. The molecule has 4 nitrogen and oxygen atoms in total. The number of hydrogen-bond acceptors (Lipinski definition) is 4. The number of hydrogen-bond donors (Lipinski definition) is 0. The van der Waals surface area contributed by atoms with Gasteiger partial charge in [-0.25, -0.2) is 4.84 Å². The number of aromatic nitrogens is 3. The van der Waals surface area contributed by atoms with Crippen molar-refractivity contribution in [1.82, 2.24) is 9.59 Å². The van der Waals surface area contributed by atoms with Gasteiger partial charge in [0.1, 0.15) is 4.49 Å². The average molecular weight is 295 g/mol. The molecule has 0 spiro atoms. The van der Waals surface area contributed by atoms with Gasteiger partial charge in [0.15, 0.2) is 6.61 Å². The highest BCUT2D eigenvalue weighted by molar-refractivity contribution is 7.08. The quantitative estimate of drug-likeness (QED) is 0.495. The van der Waals surface area contributed by atoms with Gasteiger partial charge in [-0.3, -0.25) is 0 Å². The van der Waals surface area contributed by atoms with Crippen LogP contribution in [0.1, 0.15) is 6.92 Å². The zero-order valence-corrected chi connectivity index (χ0v) is 10.7. The van der Waals surface area contributed by atoms with Crippen LogP contribution in [0, 0.1) is 0 Å². The molecule has 1 heterocycles. The number of benzene rings is 1. The Morgan fingerprint density at radius 2 is 1.79 bits per heavy atom. The molecular weight excluding hydrogens is 285 g/mol. The highest BCUT2D eigenvalue weighted by Crippen LogP contribution is 2.16. The van der Waals surface area contributed by atoms with Crippen molar-refractivity contribution in [2.24, 2.45) is 0 Å². The molecule has 2 rings (SSSR count). The summed E-state index contributed by atoms with van der Waals surface area (Å²) in [4.78, 5) is 6.37. The molecule has 0 radical (unpaired) electrons. The van der Waals surface area contributed by atoms with Crippen LogP contribution >= 0.6 is 11.5 Å². The molecule has 1 aromatic carbocycles. The third-order valence-electron chi connectivity index (χ3n) is 1.64. The van der Waals surface area contributed by atoms with Crippen LogP contribution in [-0.4, -0.2) is 23.4 Å². The van der Waals surface area contributed by atoms with Crippen LogP contribution in [0.25, 0.3) is 10.6 Å². The summed E-state index contributed by atoms with van der Waals surface area (Å²) in [5, 5.41) is 5.03. The van der Waals surface area contributed by atoms with Crippen LogP contribution < -0.4 is 9.80 Å². The molecule has 104 valence electrons. The van der Waals surface area contributed by atoms with Crippen LogP contribution in [-0.2, 0) is 0 Å². The van der Waals surface area contributed by atoms with E-state index < -0.39 is 7.25 Å². The van der Waals surface area contributed by atoms with Crippen molar-refractivity contribution in [3.05, 3.63) is 30.3 Å². The summed E-state index contributed by atoms with van der Waals surface area (Å²) in [5.74, 6) is 0. The molecule has 0 aliphatic carbocycles. The van der Waals surface area contributed by atoms with Crippen molar-refractivity contribution in [3.63, 3.8) is 0 Å². The summed E-state index contributed by atoms with van der Waals surface area (Å²) in [6.45, 7) is 2.46. The van der Waals surface area contributed by atoms with Crippen LogP contribution in [0.4, 0.5) is 17.3 Å². The van der Waals surface area contributed by atoms with Gasteiger partial charge in [0.25, 0.3) is 4.96 Å². The van der Waals surface area contributed by atoms with Crippen molar-refractivity contribution in [2.45, 2.75) is 6.92 Å². The molecule has 19 heavy (non-hydrogen) atoms. The second-order valence-electron chi connectivity index (χ2n) is 3.11. The molecule has 2 aromatic rings. The normalized spacial score (nSPS) is 10.6. The van der Waals surface area contributed by atoms with Gasteiger partial charge in [-0.1, -0.05) is 30.3 Å². The van der Waals surface area contributed by atoms with Gasteiger partial charge in [-0.15, -0.1) is 0 Å². The topological polar surface area (TPSA) is 38.9 Å². The Bertz CT molecular complexity index is 488. The first kappa shape index (κ1) is 15.4. The van der Waals surface area contributed by atoms with E-state index in [-0.39, 0.29) is 0 Å². The van der Waals surface area contributed by atoms with Crippen LogP contribution in [0.2, 0.25) is 0 Å². The maximum absolute atomic E-state index is 9.75. The summed E-state index contributed by atoms with van der Waals surface area (Å²) in [6, 6.07) is 9.91. The molecule has 0 amide bonds. The van der Waals surface area contributed by atoms with E-state index in [2.05, 4.69) is 9.59 Å². The highest BCUT2D eigenvalue weighted by Gasteiger charge is 2.20. The van der Waals surface area contributed by atoms with E-state index in [1.54, 1.807) is 0 Å². The standard InChI is InChI=1S/C9H10N3OS.BF4/c1-2-13-12-10-9(14-11-12)8-6-4-3-5-7-8;2-1(3,4)5/h3-7H,2H2,1H3;/q+1;-1. The lowest BCUT2D eigenvalue weighted by molar-refractivity contribution is -0.971. The maximum Gasteiger partial charge on any atom is 0.673 e. The molecule has 1 aromatic heterocycles. The first-order valence-electron chi connectivity index (χ1n) is 5.22. The fourth-order valence-electron chi connectivity index (χ4n) is 1.05. The molecule has 0 aliphatic rings. The maximum atomic E-state index is 9.75. The lowest BCUT2D eigenvalue weighted by atomic mass is 10.2. The zero-order chi connectivity index (χ0) is 14.3. The predicted molar refractivity (Wildman–Crippen MR) is 62.8 cm³/mol. The molecule has 0 saturated heterocycles. The number of rotatable bonds is 3. The van der Waals surface area contributed by atoms with Crippen LogP contribution in [0.15, 0.2) is 30.3 Å². The minimum atomic E-state index is -6.00. The van der Waals surface area contributed by atoms with Gasteiger partial charge in [-0.05, 0) is 6.92 Å². The summed E-state index contributed by atoms with van der Waals surface area (Å²) < 4.78 is 43.0. The van der Waals surface area contributed by atoms with Gasteiger partial charge in [0, 0.05) is 5.56 Å². The van der Waals surface area contributed by atoms with Crippen molar-refractivity contribution >= 4 is 18.8 Å². The minimum Gasteiger partial charge on any atom is -0.418 e. The molecule has 0 atom stereocenters. The van der Waals surface area contributed by atoms with E-state index in [9.17, 15) is 17.3 Å². The van der Waals surface area contributed by atoms with Crippen molar-refractivity contribution < 1.29 is 27.1 Å². The monoisotopic (exact) mass is 295 g/mol. The highest BCUT2D eigenvalue weighted by atomic mass is 32.1. The third-order valence-corrected chi connectivity index (χ3v) is 2.35. The van der Waals surface area contributed by atoms with E-state index in [1.807, 2.05) is 37.3 Å². The lowest BCUT2D eigenvalue weighted by Gasteiger charge is -1.94. The fraction of sp³-hybridized carbons (Fsp3) is 0.222. The summed E-state index contributed by atoms with van der Waals surface area (Å²) >= 11 is 1.32. The van der Waals surface area contributed by atoms with Crippen molar-refractivity contribution in [3.8, 4) is 10.6 Å². The molecule has 0 fully saturated rings. The Balaban J connectivity index is 0.000000312. The van der Waals surface area contributed by atoms with Crippen molar-refractivity contribution in [2.75, 3.05) is 6.61 Å². The third kappa shape index (κ3) is 6.70. The molecule has 0 bridgehead atoms. The molecule has 0 aliphatic heterocycles. The molecule has 10 heteroatoms. The summed E-state index contributed by atoms with van der Waals surface area (Å²) in [5.41, 5.74) is 1.06. The van der Waals surface area contributed by atoms with Gasteiger partial charge in [0.05, 0.1) is 16.6 Å². The Labute approximate surface area is 110 Å². The van der Waals surface area contributed by atoms with E-state index in [0.717, 1.165) is 10.6 Å². The van der Waals surface area contributed by atoms with Gasteiger partial charge >= 0.3 is 7.25 Å². The average Bonchev–Trinajstić information content (AvgIpc) is 2.77. The zero-order valence-electron chi connectivity index (χ0n) is 9.84. The summed E-state index contributed by atoms with van der Waals surface area (Å²) in [7, 11) is -6.00. The largest absolute Gasteiger partial charge is 0.673 e. The Hall–Kier alpha value is -1.71. The Morgan fingerprint density at radius 3 is 2.32 bits per heavy atom. The van der Waals surface area contributed by atoms with Gasteiger partial charge < -0.3 is 17.3 Å². The predicted octanol–water partition coefficient (Wildman–Crippen LogP) is 2.24. The van der Waals surface area contributed by atoms with Gasteiger partial charge in [-0.2, -0.15) is 0 Å². The smallest absolute Gasteiger partial charge is 0.418 e. The first-order chi connectivity index (χ1) is 8.90. The van der Waals surface area contributed by atoms with Crippen LogP contribution in [0.3, 0.4) is 0 Å². The van der Waals surface area contributed by atoms with E-state index >= 15 is 0 Å². The molecule has 0 N–H and O–H groups in total. The van der Waals surface area contributed by atoms with E-state index in [0.29, 0.717) is 6.61 Å². The fourth-order valence-corrected chi connectivity index (χ4v) is 1.63.